The molecule has 0 radical (unpaired) electrons. The van der Waals surface area contributed by atoms with E-state index < -0.39 is 0 Å². The summed E-state index contributed by atoms with van der Waals surface area (Å²) in [6, 6.07) is 0. The van der Waals surface area contributed by atoms with Gasteiger partial charge in [0.2, 0.25) is 0 Å². The minimum atomic E-state index is 0. The molecule has 2 heteroatoms. The van der Waals surface area contributed by atoms with Crippen LogP contribution in [0.5, 0.6) is 0 Å². The second-order valence-corrected chi connectivity index (χ2v) is 0.809. The Kier molecular flexibility index (Phi) is 20.8. The van der Waals surface area contributed by atoms with Gasteiger partial charge in [-0.05, 0) is 0 Å². The first-order chi connectivity index (χ1) is 1.41. The molecule has 0 fully saturated rings. The Morgan fingerprint density at radius 1 is 1.75 bits per heavy atom. The monoisotopic (exact) mass is 329 g/mol. The molecule has 0 aliphatic heterocycles. The van der Waals surface area contributed by atoms with Crippen molar-refractivity contribution >= 4 is 24.0 Å². The molecule has 0 aromatic rings. The molecule has 0 bridgehead atoms. The van der Waals surface area contributed by atoms with Gasteiger partial charge in [-0.25, -0.2) is 0 Å². The van der Waals surface area contributed by atoms with Crippen molar-refractivity contribution in [2.75, 3.05) is 0 Å². The van der Waals surface area contributed by atoms with Crippen LogP contribution < -0.4 is 0 Å². The van der Waals surface area contributed by atoms with Crippen molar-refractivity contribution < 1.29 is 44.6 Å². The van der Waals surface area contributed by atoms with Gasteiger partial charge in [-0.3, -0.25) is 0 Å². The maximum absolute atomic E-state index is 3.30. The zero-order chi connectivity index (χ0) is 2.71. The minimum absolute atomic E-state index is 0. The van der Waals surface area contributed by atoms with E-state index >= 15 is 0 Å². The summed E-state index contributed by atoms with van der Waals surface area (Å²) in [5.74, 6) is 0. The van der Waals surface area contributed by atoms with Crippen LogP contribution in [0.25, 0.3) is 0 Å². The van der Waals surface area contributed by atoms with Crippen LogP contribution in [0.15, 0.2) is 7.41 Å². The third-order valence-corrected chi connectivity index (χ3v) is 0. The quantitative estimate of drug-likeness (QED) is 0.588. The van der Waals surface area contributed by atoms with Crippen LogP contribution in [0.4, 0.5) is 0 Å². The molecule has 0 N–H and O–H groups in total. The van der Waals surface area contributed by atoms with Crippen LogP contribution in [0, 0.1) is 44.6 Å². The average molecular weight is 328 g/mol. The summed E-state index contributed by atoms with van der Waals surface area (Å²) in [6.07, 6.45) is 0. The zero-order valence-corrected chi connectivity index (χ0v) is 6.01. The molecule has 4 heavy (non-hydrogen) atoms. The molecule has 0 saturated carbocycles. The van der Waals surface area contributed by atoms with Gasteiger partial charge in [0.05, 0.1) is 0 Å². The maximum atomic E-state index is 3.30. The Bertz CT molecular complexity index is 13.5. The second kappa shape index (κ2) is 8.89. The Morgan fingerprint density at radius 3 is 1.75 bits per heavy atom. The molecule has 0 saturated heterocycles. The molecular formula is C2H4IYb. The van der Waals surface area contributed by atoms with E-state index in [2.05, 4.69) is 51.2 Å². The van der Waals surface area contributed by atoms with E-state index in [0.29, 0.717) is 0 Å². The minimum Gasteiger partial charge on any atom is -0.107 e. The maximum Gasteiger partial charge on any atom is -0.107 e. The molecule has 0 atom stereocenters. The number of hydrogen-bond donors (Lipinski definition) is 0. The third kappa shape index (κ3) is 9.01. The largest absolute Gasteiger partial charge is 0.107 e. The van der Waals surface area contributed by atoms with Crippen molar-refractivity contribution in [1.29, 1.82) is 0 Å². The van der Waals surface area contributed by atoms with E-state index in [1.807, 2.05) is 0 Å². The summed E-state index contributed by atoms with van der Waals surface area (Å²) in [5.41, 5.74) is 0. The first-order valence-corrected chi connectivity index (χ1v) is 1.55. The summed E-state index contributed by atoms with van der Waals surface area (Å²) in [4.78, 5) is 0. The van der Waals surface area contributed by atoms with Crippen molar-refractivity contribution in [2.45, 2.75) is 0 Å². The summed E-state index contributed by atoms with van der Waals surface area (Å²) >= 11 is 2.65. The van der Waals surface area contributed by atoms with Crippen LogP contribution in [0.1, 0.15) is 0 Å². The van der Waals surface area contributed by atoms with E-state index in [4.69, 9.17) is 0 Å². The summed E-state index contributed by atoms with van der Waals surface area (Å²) in [5, 5.41) is 0. The van der Waals surface area contributed by atoms with E-state index in [-0.39, 0.29) is 24.0 Å². The Morgan fingerprint density at radius 2 is 1.75 bits per heavy atom. The van der Waals surface area contributed by atoms with Crippen molar-refractivity contribution in [1.82, 2.24) is 0 Å². The first-order valence-electron chi connectivity index (χ1n) is 0.563. The molecule has 0 nitrogen and oxygen atoms in total. The van der Waals surface area contributed by atoms with Crippen molar-refractivity contribution in [3.05, 3.63) is 7.41 Å². The Balaban J connectivity index is 0. The molecule has 0 heterocycles. The van der Waals surface area contributed by atoms with E-state index in [0.717, 1.165) is 0 Å². The van der Waals surface area contributed by atoms with Gasteiger partial charge >= 0.3 is 52.1 Å². The topological polar surface area (TPSA) is 0 Å². The molecule has 0 aliphatic rings. The first kappa shape index (κ1) is 9.37. The van der Waals surface area contributed by atoms with Gasteiger partial charge in [0.25, 0.3) is 0 Å². The van der Waals surface area contributed by atoms with Gasteiger partial charge in [-0.2, -0.15) is 0 Å². The van der Waals surface area contributed by atoms with Crippen LogP contribution in [0.3, 0.4) is 0 Å². The fourth-order valence-corrected chi connectivity index (χ4v) is 0. The molecule has 33 valence electrons. The van der Waals surface area contributed by atoms with Crippen LogP contribution >= 0.6 is 24.0 Å². The van der Waals surface area contributed by atoms with E-state index in [9.17, 15) is 0 Å². The average Bonchev–Trinajstić information content (AvgIpc) is 0.918. The zero-order valence-electron chi connectivity index (χ0n) is 1.96. The van der Waals surface area contributed by atoms with Gasteiger partial charge in [-0.15, -0.1) is 24.0 Å². The van der Waals surface area contributed by atoms with Crippen LogP contribution in [-0.2, 0) is 0 Å². The standard InChI is InChI=1S/C2H3.HI.Yb/c1-2;;/h1H,2H2;1H;. The predicted octanol–water partition coefficient (Wildman–Crippen LogP) is 1.30. The van der Waals surface area contributed by atoms with Crippen molar-refractivity contribution in [2.24, 2.45) is 0 Å². The summed E-state index contributed by atoms with van der Waals surface area (Å²) < 4.78 is 1.61. The van der Waals surface area contributed by atoms with E-state index in [1.165, 1.54) is 0 Å². The molecule has 0 aromatic carbocycles. The summed E-state index contributed by atoms with van der Waals surface area (Å²) in [7, 11) is 0. The van der Waals surface area contributed by atoms with Gasteiger partial charge in [0, 0.05) is 0 Å². The Labute approximate surface area is 74.3 Å². The van der Waals surface area contributed by atoms with E-state index in [1.54, 1.807) is 0.834 Å². The molecule has 0 aromatic heterocycles. The second-order valence-electron chi connectivity index (χ2n) is 0.109. The molecule has 0 amide bonds. The van der Waals surface area contributed by atoms with Crippen molar-refractivity contribution in [3.8, 4) is 0 Å². The molecule has 0 aliphatic carbocycles. The fraction of sp³-hybridized carbons (Fsp3) is 0. The predicted molar refractivity (Wildman–Crippen MR) is 25.6 cm³/mol. The van der Waals surface area contributed by atoms with Gasteiger partial charge in [0.1, 0.15) is 0 Å². The van der Waals surface area contributed by atoms with Crippen LogP contribution in [0.2, 0.25) is 0 Å². The number of hydrogen-bond acceptors (Lipinski definition) is 0. The fourth-order valence-electron chi connectivity index (χ4n) is 0. The molecule has 0 rings (SSSR count). The third-order valence-electron chi connectivity index (χ3n) is 0. The smallest absolute Gasteiger partial charge is 0.107 e. The normalized spacial score (nSPS) is 3.50. The van der Waals surface area contributed by atoms with Crippen LogP contribution in [-0.4, -0.2) is 0 Å². The number of halogens is 1. The molecule has 0 unspecified atom stereocenters. The van der Waals surface area contributed by atoms with Gasteiger partial charge in [-0.1, -0.05) is 0 Å². The van der Waals surface area contributed by atoms with Crippen molar-refractivity contribution in [3.63, 3.8) is 0 Å². The molecular weight excluding hydrogens is 324 g/mol. The number of rotatable bonds is 0. The Hall–Kier alpha value is 1.99. The SMILES string of the molecule is C=[CH][Yb].I. The summed E-state index contributed by atoms with van der Waals surface area (Å²) in [6.45, 7) is 3.30. The molecule has 0 spiro atoms. The van der Waals surface area contributed by atoms with Gasteiger partial charge < -0.3 is 0 Å². The van der Waals surface area contributed by atoms with Gasteiger partial charge in [0.15, 0.2) is 0 Å².